The highest BCUT2D eigenvalue weighted by atomic mass is 32.2. The molecule has 5 N–H and O–H groups in total. The maximum Gasteiger partial charge on any atom is 0.242 e. The lowest BCUT2D eigenvalue weighted by molar-refractivity contribution is 0.114. The van der Waals surface area contributed by atoms with Gasteiger partial charge in [-0.2, -0.15) is 0 Å². The molecule has 21 heavy (non-hydrogen) atoms. The van der Waals surface area contributed by atoms with E-state index in [2.05, 4.69) is 10.0 Å². The van der Waals surface area contributed by atoms with Gasteiger partial charge in [0.25, 0.3) is 0 Å². The van der Waals surface area contributed by atoms with Crippen LogP contribution >= 0.6 is 0 Å². The monoisotopic (exact) mass is 315 g/mol. The Labute approximate surface area is 126 Å². The van der Waals surface area contributed by atoms with Gasteiger partial charge in [0.15, 0.2) is 0 Å². The average molecular weight is 315 g/mol. The first kappa shape index (κ1) is 17.7. The van der Waals surface area contributed by atoms with Crippen molar-refractivity contribution in [3.8, 4) is 0 Å². The molecule has 1 unspecified atom stereocenters. The van der Waals surface area contributed by atoms with Crippen LogP contribution in [0, 0.1) is 5.92 Å². The van der Waals surface area contributed by atoms with Crippen LogP contribution < -0.4 is 15.8 Å². The van der Waals surface area contributed by atoms with E-state index < -0.39 is 16.1 Å². The number of anilines is 2. The van der Waals surface area contributed by atoms with Crippen molar-refractivity contribution in [1.29, 1.82) is 0 Å². The Balaban J connectivity index is 2.77. The molecule has 0 heterocycles. The van der Waals surface area contributed by atoms with Gasteiger partial charge in [0, 0.05) is 12.2 Å². The van der Waals surface area contributed by atoms with Crippen LogP contribution in [0.15, 0.2) is 23.1 Å². The van der Waals surface area contributed by atoms with Crippen LogP contribution in [0.25, 0.3) is 0 Å². The largest absolute Gasteiger partial charge is 0.398 e. The third-order valence-electron chi connectivity index (χ3n) is 3.68. The lowest BCUT2D eigenvalue weighted by Crippen LogP contribution is -2.27. The Morgan fingerprint density at radius 2 is 1.90 bits per heavy atom. The van der Waals surface area contributed by atoms with Crippen molar-refractivity contribution in [3.05, 3.63) is 18.2 Å². The van der Waals surface area contributed by atoms with E-state index in [1.54, 1.807) is 12.1 Å². The zero-order chi connectivity index (χ0) is 16.0. The summed E-state index contributed by atoms with van der Waals surface area (Å²) in [7, 11) is -2.21. The van der Waals surface area contributed by atoms with E-state index >= 15 is 0 Å². The van der Waals surface area contributed by atoms with Gasteiger partial charge in [0.05, 0.1) is 11.8 Å². The summed E-state index contributed by atoms with van der Waals surface area (Å²) in [6.07, 6.45) is 1.39. The van der Waals surface area contributed by atoms with Gasteiger partial charge in [-0.25, -0.2) is 13.1 Å². The first-order valence-corrected chi connectivity index (χ1v) is 8.59. The highest BCUT2D eigenvalue weighted by Crippen LogP contribution is 2.22. The summed E-state index contributed by atoms with van der Waals surface area (Å²) in [6.45, 7) is 4.50. The zero-order valence-electron chi connectivity index (χ0n) is 12.8. The molecule has 1 atom stereocenters. The number of aliphatic hydroxyl groups excluding tert-OH is 1. The van der Waals surface area contributed by atoms with E-state index in [1.165, 1.54) is 13.1 Å². The quantitative estimate of drug-likeness (QED) is 0.543. The number of hydrogen-bond acceptors (Lipinski definition) is 5. The van der Waals surface area contributed by atoms with E-state index in [9.17, 15) is 13.5 Å². The molecule has 0 aliphatic rings. The van der Waals surface area contributed by atoms with E-state index in [-0.39, 0.29) is 16.5 Å². The van der Waals surface area contributed by atoms with Crippen LogP contribution in [-0.2, 0) is 10.0 Å². The highest BCUT2D eigenvalue weighted by molar-refractivity contribution is 7.89. The third kappa shape index (κ3) is 4.59. The maximum absolute atomic E-state index is 11.7. The summed E-state index contributed by atoms with van der Waals surface area (Å²) < 4.78 is 25.7. The van der Waals surface area contributed by atoms with Crippen molar-refractivity contribution < 1.29 is 13.5 Å². The van der Waals surface area contributed by atoms with Gasteiger partial charge in [0.1, 0.15) is 4.90 Å². The standard InChI is InChI=1S/C14H25N3O3S/c1-4-10(5-2)13(18)9-17-11-6-7-14(12(15)8-11)21(19,20)16-3/h6-8,10,13,16-18H,4-5,9,15H2,1-3H3. The normalized spacial score (nSPS) is 13.4. The lowest BCUT2D eigenvalue weighted by Gasteiger charge is -2.21. The molecule has 0 saturated carbocycles. The van der Waals surface area contributed by atoms with Crippen molar-refractivity contribution in [2.45, 2.75) is 37.7 Å². The molecule has 0 fully saturated rings. The first-order chi connectivity index (χ1) is 9.85. The van der Waals surface area contributed by atoms with Crippen LogP contribution in [0.5, 0.6) is 0 Å². The SMILES string of the molecule is CCC(CC)C(O)CNc1ccc(S(=O)(=O)NC)c(N)c1. The second kappa shape index (κ2) is 7.63. The van der Waals surface area contributed by atoms with Crippen LogP contribution in [0.2, 0.25) is 0 Å². The minimum Gasteiger partial charge on any atom is -0.398 e. The van der Waals surface area contributed by atoms with Crippen molar-refractivity contribution >= 4 is 21.4 Å². The number of aliphatic hydroxyl groups is 1. The molecule has 1 aromatic carbocycles. The molecule has 7 heteroatoms. The predicted molar refractivity (Wildman–Crippen MR) is 85.7 cm³/mol. The summed E-state index contributed by atoms with van der Waals surface area (Å²) in [6, 6.07) is 4.65. The molecule has 0 aliphatic heterocycles. The Morgan fingerprint density at radius 1 is 1.29 bits per heavy atom. The van der Waals surface area contributed by atoms with E-state index in [0.717, 1.165) is 12.8 Å². The molecule has 0 amide bonds. The molecule has 120 valence electrons. The number of hydrogen-bond donors (Lipinski definition) is 4. The smallest absolute Gasteiger partial charge is 0.242 e. The number of rotatable bonds is 8. The predicted octanol–water partition coefficient (Wildman–Crippen LogP) is 1.39. The second-order valence-corrected chi connectivity index (χ2v) is 6.84. The van der Waals surface area contributed by atoms with Gasteiger partial charge in [-0.3, -0.25) is 0 Å². The third-order valence-corrected chi connectivity index (χ3v) is 5.16. The number of nitrogens with one attached hydrogen (secondary N) is 2. The molecule has 0 aliphatic carbocycles. The van der Waals surface area contributed by atoms with Crippen molar-refractivity contribution in [1.82, 2.24) is 4.72 Å². The highest BCUT2D eigenvalue weighted by Gasteiger charge is 2.17. The summed E-state index contributed by atoms with van der Waals surface area (Å²) in [5, 5.41) is 13.1. The van der Waals surface area contributed by atoms with Crippen LogP contribution in [0.4, 0.5) is 11.4 Å². The minimum absolute atomic E-state index is 0.0519. The van der Waals surface area contributed by atoms with Crippen LogP contribution in [0.3, 0.4) is 0 Å². The molecule has 0 saturated heterocycles. The van der Waals surface area contributed by atoms with E-state index in [1.807, 2.05) is 13.8 Å². The molecule has 0 spiro atoms. The average Bonchev–Trinajstić information content (AvgIpc) is 2.46. The Morgan fingerprint density at radius 3 is 2.38 bits per heavy atom. The van der Waals surface area contributed by atoms with Gasteiger partial charge < -0.3 is 16.2 Å². The fourth-order valence-corrected chi connectivity index (χ4v) is 3.07. The number of nitrogen functional groups attached to an aromatic ring is 1. The van der Waals surface area contributed by atoms with E-state index in [4.69, 9.17) is 5.73 Å². The molecule has 1 rings (SSSR count). The molecular formula is C14H25N3O3S. The van der Waals surface area contributed by atoms with Crippen LogP contribution in [0.1, 0.15) is 26.7 Å². The zero-order valence-corrected chi connectivity index (χ0v) is 13.6. The lowest BCUT2D eigenvalue weighted by atomic mass is 9.96. The molecule has 0 aromatic heterocycles. The van der Waals surface area contributed by atoms with Gasteiger partial charge >= 0.3 is 0 Å². The number of benzene rings is 1. The molecule has 6 nitrogen and oxygen atoms in total. The summed E-state index contributed by atoms with van der Waals surface area (Å²) in [5.74, 6) is 0.249. The minimum atomic E-state index is -3.55. The second-order valence-electron chi connectivity index (χ2n) is 4.98. The Kier molecular flexibility index (Phi) is 6.44. The molecule has 1 aromatic rings. The first-order valence-electron chi connectivity index (χ1n) is 7.10. The Bertz CT molecular complexity index is 557. The number of nitrogens with two attached hydrogens (primary N) is 1. The van der Waals surface area contributed by atoms with Crippen LogP contribution in [-0.4, -0.2) is 33.2 Å². The van der Waals surface area contributed by atoms with Gasteiger partial charge in [-0.1, -0.05) is 26.7 Å². The van der Waals surface area contributed by atoms with Gasteiger partial charge in [-0.15, -0.1) is 0 Å². The van der Waals surface area contributed by atoms with Gasteiger partial charge in [-0.05, 0) is 31.2 Å². The van der Waals surface area contributed by atoms with Crippen molar-refractivity contribution in [2.24, 2.45) is 5.92 Å². The Hall–Kier alpha value is -1.31. The van der Waals surface area contributed by atoms with Crippen molar-refractivity contribution in [2.75, 3.05) is 24.6 Å². The molecular weight excluding hydrogens is 290 g/mol. The number of sulfonamides is 1. The topological polar surface area (TPSA) is 104 Å². The fraction of sp³-hybridized carbons (Fsp3) is 0.571. The summed E-state index contributed by atoms with van der Waals surface area (Å²) in [5.41, 5.74) is 6.64. The van der Waals surface area contributed by atoms with E-state index in [0.29, 0.717) is 12.2 Å². The molecule has 0 bridgehead atoms. The maximum atomic E-state index is 11.7. The summed E-state index contributed by atoms with van der Waals surface area (Å²) in [4.78, 5) is 0.0519. The van der Waals surface area contributed by atoms with Gasteiger partial charge in [0.2, 0.25) is 10.0 Å². The molecule has 0 radical (unpaired) electrons. The summed E-state index contributed by atoms with van der Waals surface area (Å²) >= 11 is 0. The fourth-order valence-electron chi connectivity index (χ4n) is 2.24. The van der Waals surface area contributed by atoms with Crippen molar-refractivity contribution in [3.63, 3.8) is 0 Å².